The molecule has 1 aliphatic heterocycles. The van der Waals surface area contributed by atoms with E-state index in [0.29, 0.717) is 19.6 Å². The zero-order chi connectivity index (χ0) is 17.3. The minimum Gasteiger partial charge on any atom is -0.444 e. The fraction of sp³-hybridized carbons (Fsp3) is 0.625. The van der Waals surface area contributed by atoms with Crippen molar-refractivity contribution in [2.24, 2.45) is 7.05 Å². The van der Waals surface area contributed by atoms with Gasteiger partial charge in [-0.15, -0.1) is 0 Å². The number of fused-ring (bicyclic) bond motifs is 1. The highest BCUT2D eigenvalue weighted by molar-refractivity contribution is 5.83. The largest absolute Gasteiger partial charge is 0.444 e. The molecule has 2 aromatic heterocycles. The van der Waals surface area contributed by atoms with E-state index >= 15 is 0 Å². The molecule has 1 saturated heterocycles. The van der Waals surface area contributed by atoms with E-state index in [1.807, 2.05) is 32.4 Å². The second-order valence-electron chi connectivity index (χ2n) is 7.03. The molecule has 8 nitrogen and oxygen atoms in total. The number of carbonyl (C=O) groups is 1. The first-order valence-corrected chi connectivity index (χ1v) is 8.20. The molecule has 0 bridgehead atoms. The number of aryl methyl sites for hydroxylation is 1. The van der Waals surface area contributed by atoms with E-state index in [9.17, 15) is 4.79 Å². The number of anilines is 1. The molecule has 0 saturated carbocycles. The third-order valence-corrected chi connectivity index (χ3v) is 3.92. The Hall–Kier alpha value is -2.38. The highest BCUT2D eigenvalue weighted by Gasteiger charge is 2.25. The predicted molar refractivity (Wildman–Crippen MR) is 90.9 cm³/mol. The van der Waals surface area contributed by atoms with Gasteiger partial charge in [-0.3, -0.25) is 0 Å². The monoisotopic (exact) mass is 332 g/mol. The molecule has 0 radical (unpaired) electrons. The Morgan fingerprint density at radius 3 is 2.67 bits per heavy atom. The number of nitrogens with zero attached hydrogens (tertiary/aromatic N) is 6. The second kappa shape index (κ2) is 6.26. The van der Waals surface area contributed by atoms with Crippen LogP contribution in [0.5, 0.6) is 0 Å². The van der Waals surface area contributed by atoms with E-state index < -0.39 is 5.60 Å². The van der Waals surface area contributed by atoms with Gasteiger partial charge in [-0.25, -0.2) is 19.7 Å². The number of aromatic nitrogens is 4. The average Bonchev–Trinajstić information content (AvgIpc) is 2.73. The fourth-order valence-corrected chi connectivity index (χ4v) is 2.80. The van der Waals surface area contributed by atoms with Crippen molar-refractivity contribution < 1.29 is 9.53 Å². The van der Waals surface area contributed by atoms with E-state index in [0.717, 1.165) is 29.9 Å². The minimum absolute atomic E-state index is 0.255. The van der Waals surface area contributed by atoms with Crippen LogP contribution in [0, 0.1) is 0 Å². The molecule has 0 spiro atoms. The summed E-state index contributed by atoms with van der Waals surface area (Å²) in [7, 11) is 1.92. The van der Waals surface area contributed by atoms with Crippen molar-refractivity contribution >= 4 is 23.1 Å². The Kier molecular flexibility index (Phi) is 4.29. The summed E-state index contributed by atoms with van der Waals surface area (Å²) in [5.41, 5.74) is 1.13. The zero-order valence-electron chi connectivity index (χ0n) is 14.7. The van der Waals surface area contributed by atoms with Gasteiger partial charge in [0.2, 0.25) is 0 Å². The normalized spacial score (nSPS) is 16.3. The maximum atomic E-state index is 12.3. The van der Waals surface area contributed by atoms with Crippen LogP contribution in [0.2, 0.25) is 0 Å². The average molecular weight is 332 g/mol. The number of hydrogen-bond acceptors (Lipinski definition) is 6. The maximum absolute atomic E-state index is 12.3. The minimum atomic E-state index is -0.476. The van der Waals surface area contributed by atoms with Crippen molar-refractivity contribution in [3.63, 3.8) is 0 Å². The maximum Gasteiger partial charge on any atom is 0.410 e. The van der Waals surface area contributed by atoms with Crippen LogP contribution in [0.15, 0.2) is 12.7 Å². The Labute approximate surface area is 141 Å². The van der Waals surface area contributed by atoms with Gasteiger partial charge in [-0.2, -0.15) is 0 Å². The molecule has 0 aliphatic carbocycles. The van der Waals surface area contributed by atoms with Crippen LogP contribution in [-0.2, 0) is 11.8 Å². The van der Waals surface area contributed by atoms with Crippen molar-refractivity contribution in [3.05, 3.63) is 12.7 Å². The standard InChI is InChI=1S/C16H24N6O2/c1-16(2,3)24-15(23)22-7-5-6-21(8-9-22)14-12-13(17-10-18-14)20(4)11-19-12/h10-11H,5-9H2,1-4H3. The van der Waals surface area contributed by atoms with Crippen molar-refractivity contribution in [3.8, 4) is 0 Å². The molecule has 2 aromatic rings. The molecular weight excluding hydrogens is 308 g/mol. The lowest BCUT2D eigenvalue weighted by Crippen LogP contribution is -2.39. The van der Waals surface area contributed by atoms with Crippen molar-refractivity contribution in [2.75, 3.05) is 31.1 Å². The summed E-state index contributed by atoms with van der Waals surface area (Å²) in [5, 5.41) is 0. The van der Waals surface area contributed by atoms with Gasteiger partial charge in [-0.1, -0.05) is 0 Å². The Balaban J connectivity index is 1.74. The molecule has 0 atom stereocenters. The lowest BCUT2D eigenvalue weighted by atomic mass is 10.2. The van der Waals surface area contributed by atoms with Gasteiger partial charge < -0.3 is 19.1 Å². The fourth-order valence-electron chi connectivity index (χ4n) is 2.80. The first-order valence-electron chi connectivity index (χ1n) is 8.20. The van der Waals surface area contributed by atoms with E-state index in [1.54, 1.807) is 17.6 Å². The summed E-state index contributed by atoms with van der Waals surface area (Å²) in [4.78, 5) is 29.3. The second-order valence-corrected chi connectivity index (χ2v) is 7.03. The Morgan fingerprint density at radius 1 is 1.12 bits per heavy atom. The third-order valence-electron chi connectivity index (χ3n) is 3.92. The molecular formula is C16H24N6O2. The summed E-state index contributed by atoms with van der Waals surface area (Å²) in [6.07, 6.45) is 3.91. The molecule has 1 fully saturated rings. The van der Waals surface area contributed by atoms with Crippen molar-refractivity contribution in [2.45, 2.75) is 32.8 Å². The number of carbonyl (C=O) groups excluding carboxylic acids is 1. The molecule has 1 aliphatic rings. The highest BCUT2D eigenvalue weighted by atomic mass is 16.6. The van der Waals surface area contributed by atoms with Crippen LogP contribution in [0.1, 0.15) is 27.2 Å². The van der Waals surface area contributed by atoms with Gasteiger partial charge in [-0.05, 0) is 27.2 Å². The molecule has 3 heterocycles. The number of rotatable bonds is 1. The summed E-state index contributed by atoms with van der Waals surface area (Å²) >= 11 is 0. The van der Waals surface area contributed by atoms with Gasteiger partial charge in [0.05, 0.1) is 6.33 Å². The summed E-state index contributed by atoms with van der Waals surface area (Å²) in [5.74, 6) is 0.826. The smallest absolute Gasteiger partial charge is 0.410 e. The van der Waals surface area contributed by atoms with Crippen molar-refractivity contribution in [1.82, 2.24) is 24.4 Å². The van der Waals surface area contributed by atoms with E-state index in [1.165, 1.54) is 0 Å². The van der Waals surface area contributed by atoms with Gasteiger partial charge in [0.1, 0.15) is 11.9 Å². The molecule has 3 rings (SSSR count). The lowest BCUT2D eigenvalue weighted by Gasteiger charge is -2.26. The van der Waals surface area contributed by atoms with Gasteiger partial charge in [0.25, 0.3) is 0 Å². The molecule has 0 N–H and O–H groups in total. The van der Waals surface area contributed by atoms with Gasteiger partial charge >= 0.3 is 6.09 Å². The summed E-state index contributed by atoms with van der Waals surface area (Å²) in [6, 6.07) is 0. The molecule has 0 aromatic carbocycles. The van der Waals surface area contributed by atoms with E-state index in [-0.39, 0.29) is 6.09 Å². The highest BCUT2D eigenvalue weighted by Crippen LogP contribution is 2.22. The molecule has 24 heavy (non-hydrogen) atoms. The molecule has 1 amide bonds. The number of amides is 1. The molecule has 8 heteroatoms. The molecule has 0 unspecified atom stereocenters. The SMILES string of the molecule is Cn1cnc2c(N3CCCN(C(=O)OC(C)(C)C)CC3)ncnc21. The van der Waals surface area contributed by atoms with Crippen LogP contribution in [-0.4, -0.2) is 62.3 Å². The number of imidazole rings is 1. The van der Waals surface area contributed by atoms with Crippen LogP contribution < -0.4 is 4.90 Å². The van der Waals surface area contributed by atoms with Crippen LogP contribution in [0.4, 0.5) is 10.6 Å². The Bertz CT molecular complexity index is 736. The van der Waals surface area contributed by atoms with Gasteiger partial charge in [0.15, 0.2) is 17.0 Å². The Morgan fingerprint density at radius 2 is 1.92 bits per heavy atom. The lowest BCUT2D eigenvalue weighted by molar-refractivity contribution is 0.0263. The van der Waals surface area contributed by atoms with Crippen LogP contribution >= 0.6 is 0 Å². The summed E-state index contributed by atoms with van der Waals surface area (Å²) < 4.78 is 7.35. The number of ether oxygens (including phenoxy) is 1. The quantitative estimate of drug-likeness (QED) is 0.793. The predicted octanol–water partition coefficient (Wildman–Crippen LogP) is 1.81. The first kappa shape index (κ1) is 16.5. The number of hydrogen-bond donors (Lipinski definition) is 0. The van der Waals surface area contributed by atoms with E-state index in [4.69, 9.17) is 4.74 Å². The third kappa shape index (κ3) is 3.42. The molecule has 130 valence electrons. The zero-order valence-corrected chi connectivity index (χ0v) is 14.7. The first-order chi connectivity index (χ1) is 11.3. The van der Waals surface area contributed by atoms with E-state index in [2.05, 4.69) is 19.9 Å². The van der Waals surface area contributed by atoms with Gasteiger partial charge in [0, 0.05) is 33.2 Å². The topological polar surface area (TPSA) is 76.4 Å². The van der Waals surface area contributed by atoms with Crippen LogP contribution in [0.3, 0.4) is 0 Å². The van der Waals surface area contributed by atoms with Crippen LogP contribution in [0.25, 0.3) is 11.2 Å². The summed E-state index contributed by atoms with van der Waals surface area (Å²) in [6.45, 7) is 8.45. The van der Waals surface area contributed by atoms with Crippen molar-refractivity contribution in [1.29, 1.82) is 0 Å².